The molecule has 106 valence electrons. The van der Waals surface area contributed by atoms with Crippen molar-refractivity contribution < 1.29 is 23.1 Å². The Morgan fingerprint density at radius 3 is 2.42 bits per heavy atom. The number of halogens is 3. The van der Waals surface area contributed by atoms with Crippen molar-refractivity contribution in [1.82, 2.24) is 5.32 Å². The molecule has 1 amide bonds. The Kier molecular flexibility index (Phi) is 5.31. The van der Waals surface area contributed by atoms with Crippen molar-refractivity contribution in [3.05, 3.63) is 35.9 Å². The van der Waals surface area contributed by atoms with Gasteiger partial charge in [-0.3, -0.25) is 4.79 Å². The Bertz CT molecular complexity index is 409. The molecule has 0 saturated heterocycles. The second-order valence-electron chi connectivity index (χ2n) is 4.10. The number of aliphatic hydroxyl groups is 1. The first-order valence-electron chi connectivity index (χ1n) is 5.62. The standard InChI is InChI=1S/C12H15F3N2O2/c13-12(14,15)10(18)7-17-11(19)9(16)6-8-4-2-1-3-5-8/h1-5,9-10,18H,6-7,16H2,(H,17,19)/t9-,10?/m1/s1. The number of carbonyl (C=O) groups is 1. The van der Waals surface area contributed by atoms with Crippen LogP contribution in [0.1, 0.15) is 5.56 Å². The third-order valence-electron chi connectivity index (χ3n) is 2.48. The molecule has 2 atom stereocenters. The molecule has 0 aromatic heterocycles. The average Bonchev–Trinajstić information content (AvgIpc) is 2.35. The minimum Gasteiger partial charge on any atom is -0.382 e. The molecule has 1 unspecified atom stereocenters. The molecule has 0 fully saturated rings. The van der Waals surface area contributed by atoms with Gasteiger partial charge in [-0.15, -0.1) is 0 Å². The molecule has 1 aromatic rings. The zero-order valence-corrected chi connectivity index (χ0v) is 10.0. The SMILES string of the molecule is N[C@H](Cc1ccccc1)C(=O)NCC(O)C(F)(F)F. The highest BCUT2D eigenvalue weighted by atomic mass is 19.4. The van der Waals surface area contributed by atoms with Gasteiger partial charge in [-0.1, -0.05) is 30.3 Å². The first kappa shape index (κ1) is 15.5. The van der Waals surface area contributed by atoms with Gasteiger partial charge in [0.2, 0.25) is 5.91 Å². The zero-order valence-electron chi connectivity index (χ0n) is 10.0. The fraction of sp³-hybridized carbons (Fsp3) is 0.417. The lowest BCUT2D eigenvalue weighted by molar-refractivity contribution is -0.201. The van der Waals surface area contributed by atoms with E-state index < -0.39 is 30.8 Å². The van der Waals surface area contributed by atoms with E-state index in [1.165, 1.54) is 0 Å². The van der Waals surface area contributed by atoms with Gasteiger partial charge in [0, 0.05) is 0 Å². The van der Waals surface area contributed by atoms with Crippen molar-refractivity contribution in [3.8, 4) is 0 Å². The Morgan fingerprint density at radius 1 is 1.32 bits per heavy atom. The lowest BCUT2D eigenvalue weighted by atomic mass is 10.1. The number of aliphatic hydroxyl groups excluding tert-OH is 1. The molecule has 0 aliphatic rings. The predicted octanol–water partition coefficient (Wildman–Crippen LogP) is 0.596. The summed E-state index contributed by atoms with van der Waals surface area (Å²) in [7, 11) is 0. The average molecular weight is 276 g/mol. The molecule has 4 nitrogen and oxygen atoms in total. The first-order chi connectivity index (χ1) is 8.80. The highest BCUT2D eigenvalue weighted by Crippen LogP contribution is 2.19. The van der Waals surface area contributed by atoms with Gasteiger partial charge in [-0.25, -0.2) is 0 Å². The maximum Gasteiger partial charge on any atom is 0.416 e. The van der Waals surface area contributed by atoms with Gasteiger partial charge in [-0.2, -0.15) is 13.2 Å². The third kappa shape index (κ3) is 5.27. The summed E-state index contributed by atoms with van der Waals surface area (Å²) in [5.74, 6) is -0.729. The summed E-state index contributed by atoms with van der Waals surface area (Å²) < 4.78 is 36.0. The minimum atomic E-state index is -4.75. The lowest BCUT2D eigenvalue weighted by Crippen LogP contribution is -2.47. The summed E-state index contributed by atoms with van der Waals surface area (Å²) in [4.78, 5) is 11.5. The smallest absolute Gasteiger partial charge is 0.382 e. The van der Waals surface area contributed by atoms with E-state index in [4.69, 9.17) is 10.8 Å². The van der Waals surface area contributed by atoms with E-state index in [0.29, 0.717) is 0 Å². The Balaban J connectivity index is 2.41. The molecular formula is C12H15F3N2O2. The van der Waals surface area contributed by atoms with Crippen LogP contribution in [0, 0.1) is 0 Å². The van der Waals surface area contributed by atoms with Gasteiger partial charge >= 0.3 is 6.18 Å². The summed E-state index contributed by atoms with van der Waals surface area (Å²) in [6, 6.07) is 7.91. The summed E-state index contributed by atoms with van der Waals surface area (Å²) in [6.07, 6.45) is -7.12. The van der Waals surface area contributed by atoms with Crippen LogP contribution >= 0.6 is 0 Å². The van der Waals surface area contributed by atoms with Crippen LogP contribution in [0.5, 0.6) is 0 Å². The molecule has 0 heterocycles. The Hall–Kier alpha value is -1.60. The van der Waals surface area contributed by atoms with Crippen LogP contribution in [0.2, 0.25) is 0 Å². The largest absolute Gasteiger partial charge is 0.416 e. The highest BCUT2D eigenvalue weighted by Gasteiger charge is 2.38. The monoisotopic (exact) mass is 276 g/mol. The molecule has 1 aromatic carbocycles. The number of hydrogen-bond donors (Lipinski definition) is 3. The quantitative estimate of drug-likeness (QED) is 0.737. The number of nitrogens with two attached hydrogens (primary N) is 1. The second kappa shape index (κ2) is 6.53. The summed E-state index contributed by atoms with van der Waals surface area (Å²) >= 11 is 0. The fourth-order valence-electron chi connectivity index (χ4n) is 1.40. The van der Waals surface area contributed by atoms with E-state index in [0.717, 1.165) is 5.56 Å². The van der Waals surface area contributed by atoms with E-state index in [9.17, 15) is 18.0 Å². The molecule has 19 heavy (non-hydrogen) atoms. The molecule has 0 bridgehead atoms. The highest BCUT2D eigenvalue weighted by molar-refractivity contribution is 5.81. The molecular weight excluding hydrogens is 261 g/mol. The maximum absolute atomic E-state index is 12.0. The number of benzene rings is 1. The molecule has 0 spiro atoms. The number of nitrogens with one attached hydrogen (secondary N) is 1. The number of rotatable bonds is 5. The van der Waals surface area contributed by atoms with E-state index >= 15 is 0 Å². The zero-order chi connectivity index (χ0) is 14.5. The number of carbonyl (C=O) groups excluding carboxylic acids is 1. The summed E-state index contributed by atoms with van der Waals surface area (Å²) in [5, 5.41) is 10.7. The molecule has 0 saturated carbocycles. The van der Waals surface area contributed by atoms with Gasteiger partial charge in [0.15, 0.2) is 6.10 Å². The third-order valence-corrected chi connectivity index (χ3v) is 2.48. The van der Waals surface area contributed by atoms with Gasteiger partial charge in [0.1, 0.15) is 0 Å². The van der Waals surface area contributed by atoms with Crippen LogP contribution < -0.4 is 11.1 Å². The van der Waals surface area contributed by atoms with E-state index in [1.807, 2.05) is 5.32 Å². The lowest BCUT2D eigenvalue weighted by Gasteiger charge is -2.17. The Morgan fingerprint density at radius 2 is 1.89 bits per heavy atom. The van der Waals surface area contributed by atoms with E-state index in [1.54, 1.807) is 30.3 Å². The van der Waals surface area contributed by atoms with Crippen LogP contribution in [-0.2, 0) is 11.2 Å². The van der Waals surface area contributed by atoms with Gasteiger partial charge < -0.3 is 16.2 Å². The molecule has 0 aliphatic heterocycles. The summed E-state index contributed by atoms with van der Waals surface area (Å²) in [5.41, 5.74) is 6.38. The van der Waals surface area contributed by atoms with Crippen molar-refractivity contribution in [2.75, 3.05) is 6.54 Å². The maximum atomic E-state index is 12.0. The van der Waals surface area contributed by atoms with E-state index in [-0.39, 0.29) is 6.42 Å². The first-order valence-corrected chi connectivity index (χ1v) is 5.62. The number of alkyl halides is 3. The number of amides is 1. The van der Waals surface area contributed by atoms with Crippen LogP contribution in [0.3, 0.4) is 0 Å². The van der Waals surface area contributed by atoms with Crippen molar-refractivity contribution >= 4 is 5.91 Å². The summed E-state index contributed by atoms with van der Waals surface area (Å²) in [6.45, 7) is -0.898. The Labute approximate surface area is 108 Å². The molecule has 4 N–H and O–H groups in total. The van der Waals surface area contributed by atoms with Gasteiger partial charge in [0.25, 0.3) is 0 Å². The topological polar surface area (TPSA) is 75.4 Å². The van der Waals surface area contributed by atoms with Gasteiger partial charge in [-0.05, 0) is 12.0 Å². The second-order valence-corrected chi connectivity index (χ2v) is 4.10. The molecule has 0 aliphatic carbocycles. The van der Waals surface area contributed by atoms with E-state index in [2.05, 4.69) is 0 Å². The minimum absolute atomic E-state index is 0.217. The van der Waals surface area contributed by atoms with Crippen LogP contribution in [-0.4, -0.2) is 35.9 Å². The molecule has 0 radical (unpaired) electrons. The van der Waals surface area contributed by atoms with Crippen LogP contribution in [0.25, 0.3) is 0 Å². The van der Waals surface area contributed by atoms with Crippen molar-refractivity contribution in [2.24, 2.45) is 5.73 Å². The van der Waals surface area contributed by atoms with Crippen molar-refractivity contribution in [2.45, 2.75) is 24.7 Å². The van der Waals surface area contributed by atoms with Crippen LogP contribution in [0.4, 0.5) is 13.2 Å². The molecule has 1 rings (SSSR count). The fourth-order valence-corrected chi connectivity index (χ4v) is 1.40. The normalized spacial score (nSPS) is 14.8. The predicted molar refractivity (Wildman–Crippen MR) is 63.2 cm³/mol. The van der Waals surface area contributed by atoms with Crippen molar-refractivity contribution in [1.29, 1.82) is 0 Å². The number of hydrogen-bond acceptors (Lipinski definition) is 3. The van der Waals surface area contributed by atoms with Crippen LogP contribution in [0.15, 0.2) is 30.3 Å². The van der Waals surface area contributed by atoms with Crippen molar-refractivity contribution in [3.63, 3.8) is 0 Å². The molecule has 7 heteroatoms. The van der Waals surface area contributed by atoms with Gasteiger partial charge in [0.05, 0.1) is 12.6 Å².